The van der Waals surface area contributed by atoms with Crippen LogP contribution in [0.5, 0.6) is 0 Å². The van der Waals surface area contributed by atoms with Crippen molar-refractivity contribution in [2.75, 3.05) is 37.5 Å². The first kappa shape index (κ1) is 19.5. The molecule has 0 saturated carbocycles. The third-order valence-corrected chi connectivity index (χ3v) is 6.06. The average Bonchev–Trinajstić information content (AvgIpc) is 3.16. The number of hydrogen-bond donors (Lipinski definition) is 1. The molecule has 0 bridgehead atoms. The summed E-state index contributed by atoms with van der Waals surface area (Å²) < 4.78 is 28.3. The molecule has 0 aliphatic carbocycles. The highest BCUT2D eigenvalue weighted by Gasteiger charge is 2.17. The first-order valence-corrected chi connectivity index (χ1v) is 11.0. The largest absolute Gasteiger partial charge is 0.378 e. The predicted octanol–water partition coefficient (Wildman–Crippen LogP) is 1.54. The van der Waals surface area contributed by atoms with Crippen LogP contribution in [0, 0.1) is 0 Å². The summed E-state index contributed by atoms with van der Waals surface area (Å²) in [5.74, 6) is -0.391. The third kappa shape index (κ3) is 4.90. The number of carbonyl (C=O) groups excluding carboxylic acids is 1. The molecule has 1 fully saturated rings. The maximum atomic E-state index is 12.3. The molecule has 8 nitrogen and oxygen atoms in total. The van der Waals surface area contributed by atoms with Crippen molar-refractivity contribution in [1.29, 1.82) is 0 Å². The van der Waals surface area contributed by atoms with E-state index in [4.69, 9.17) is 4.74 Å². The van der Waals surface area contributed by atoms with E-state index in [2.05, 4.69) is 20.4 Å². The molecule has 2 heterocycles. The van der Waals surface area contributed by atoms with Gasteiger partial charge in [-0.05, 0) is 24.6 Å². The second kappa shape index (κ2) is 8.15. The maximum Gasteiger partial charge on any atom is 0.290 e. The minimum atomic E-state index is -3.24. The lowest BCUT2D eigenvalue weighted by atomic mass is 10.1. The van der Waals surface area contributed by atoms with Crippen molar-refractivity contribution in [2.24, 2.45) is 5.10 Å². The second-order valence-electron chi connectivity index (χ2n) is 6.05. The first-order chi connectivity index (χ1) is 12.8. The molecule has 144 valence electrons. The Bertz CT molecular complexity index is 946. The van der Waals surface area contributed by atoms with Gasteiger partial charge in [0.05, 0.1) is 23.8 Å². The van der Waals surface area contributed by atoms with Crippen LogP contribution in [0.1, 0.15) is 23.0 Å². The topological polar surface area (TPSA) is 101 Å². The van der Waals surface area contributed by atoms with Gasteiger partial charge in [-0.2, -0.15) is 5.10 Å². The number of ether oxygens (including phenoxy) is 1. The van der Waals surface area contributed by atoms with Crippen molar-refractivity contribution in [2.45, 2.75) is 11.8 Å². The molecular weight excluding hydrogens is 388 g/mol. The molecule has 3 rings (SSSR count). The smallest absolute Gasteiger partial charge is 0.290 e. The Labute approximate surface area is 161 Å². The standard InChI is InChI=1S/C17H20N4O4S2/c1-12(13-3-5-14(6-4-13)27(2,23)24)19-20-16(22)15-11-26-17(18-15)21-7-9-25-10-8-21/h3-6,11H,7-10H2,1-2H3,(H,20,22)/b19-12+. The number of aromatic nitrogens is 1. The second-order valence-corrected chi connectivity index (χ2v) is 8.90. The Balaban J connectivity index is 1.64. The van der Waals surface area contributed by atoms with Gasteiger partial charge in [-0.25, -0.2) is 18.8 Å². The van der Waals surface area contributed by atoms with Crippen LogP contribution in [0.15, 0.2) is 39.6 Å². The molecule has 1 aromatic carbocycles. The van der Waals surface area contributed by atoms with Crippen molar-refractivity contribution >= 4 is 37.9 Å². The number of carbonyl (C=O) groups is 1. The monoisotopic (exact) mass is 408 g/mol. The fourth-order valence-electron chi connectivity index (χ4n) is 2.47. The number of hydrazone groups is 1. The highest BCUT2D eigenvalue weighted by atomic mass is 32.2. The number of nitrogens with one attached hydrogen (secondary N) is 1. The molecule has 1 aliphatic heterocycles. The Morgan fingerprint density at radius 2 is 1.93 bits per heavy atom. The van der Waals surface area contributed by atoms with E-state index in [9.17, 15) is 13.2 Å². The molecule has 0 atom stereocenters. The molecule has 10 heteroatoms. The van der Waals surface area contributed by atoms with Crippen LogP contribution < -0.4 is 10.3 Å². The van der Waals surface area contributed by atoms with E-state index in [1.807, 2.05) is 0 Å². The summed E-state index contributed by atoms with van der Waals surface area (Å²) in [7, 11) is -3.24. The summed E-state index contributed by atoms with van der Waals surface area (Å²) in [5.41, 5.74) is 4.08. The minimum Gasteiger partial charge on any atom is -0.378 e. The van der Waals surface area contributed by atoms with Crippen LogP contribution >= 0.6 is 11.3 Å². The predicted molar refractivity (Wildman–Crippen MR) is 104 cm³/mol. The Morgan fingerprint density at radius 3 is 2.56 bits per heavy atom. The summed E-state index contributed by atoms with van der Waals surface area (Å²) in [6, 6.07) is 6.34. The highest BCUT2D eigenvalue weighted by molar-refractivity contribution is 7.90. The zero-order valence-electron chi connectivity index (χ0n) is 15.0. The lowest BCUT2D eigenvalue weighted by Gasteiger charge is -2.25. The van der Waals surface area contributed by atoms with Gasteiger partial charge < -0.3 is 9.64 Å². The van der Waals surface area contributed by atoms with E-state index in [0.29, 0.717) is 24.6 Å². The molecule has 1 aromatic heterocycles. The zero-order chi connectivity index (χ0) is 19.4. The van der Waals surface area contributed by atoms with Crippen LogP contribution in [0.3, 0.4) is 0 Å². The number of hydrogen-bond acceptors (Lipinski definition) is 8. The van der Waals surface area contributed by atoms with Gasteiger partial charge in [0.25, 0.3) is 5.91 Å². The molecule has 0 spiro atoms. The molecule has 0 radical (unpaired) electrons. The quantitative estimate of drug-likeness (QED) is 0.595. The third-order valence-electron chi connectivity index (χ3n) is 4.03. The minimum absolute atomic E-state index is 0.237. The van der Waals surface area contributed by atoms with Gasteiger partial charge in [-0.1, -0.05) is 12.1 Å². The van der Waals surface area contributed by atoms with Gasteiger partial charge in [-0.3, -0.25) is 4.79 Å². The average molecular weight is 409 g/mol. The number of anilines is 1. The molecule has 1 aliphatic rings. The van der Waals surface area contributed by atoms with Crippen molar-refractivity contribution in [3.05, 3.63) is 40.9 Å². The van der Waals surface area contributed by atoms with Crippen molar-refractivity contribution in [3.8, 4) is 0 Å². The van der Waals surface area contributed by atoms with E-state index in [1.165, 1.54) is 23.5 Å². The summed E-state index contributed by atoms with van der Waals surface area (Å²) in [4.78, 5) is 19.0. The van der Waals surface area contributed by atoms with E-state index < -0.39 is 15.7 Å². The SMILES string of the molecule is C/C(=N\NC(=O)c1csc(N2CCOCC2)n1)c1ccc(S(C)(=O)=O)cc1. The number of rotatable bonds is 5. The zero-order valence-corrected chi connectivity index (χ0v) is 16.6. The summed E-state index contributed by atoms with van der Waals surface area (Å²) >= 11 is 1.41. The van der Waals surface area contributed by atoms with Crippen LogP contribution in [0.2, 0.25) is 0 Å². The molecule has 2 aromatic rings. The Hall–Kier alpha value is -2.30. The van der Waals surface area contributed by atoms with E-state index in [0.717, 1.165) is 30.0 Å². The van der Waals surface area contributed by atoms with Crippen LogP contribution in [-0.2, 0) is 14.6 Å². The van der Waals surface area contributed by atoms with Gasteiger partial charge in [-0.15, -0.1) is 11.3 Å². The van der Waals surface area contributed by atoms with Gasteiger partial charge in [0.2, 0.25) is 0 Å². The Kier molecular flexibility index (Phi) is 5.88. The summed E-state index contributed by atoms with van der Waals surface area (Å²) in [5, 5.41) is 6.58. The number of thiazole rings is 1. The van der Waals surface area contributed by atoms with Crippen molar-refractivity contribution < 1.29 is 17.9 Å². The summed E-state index contributed by atoms with van der Waals surface area (Å²) in [6.07, 6.45) is 1.15. The van der Waals surface area contributed by atoms with Crippen molar-refractivity contribution in [3.63, 3.8) is 0 Å². The molecule has 0 unspecified atom stereocenters. The molecule has 1 saturated heterocycles. The fourth-order valence-corrected chi connectivity index (χ4v) is 3.96. The first-order valence-electron chi connectivity index (χ1n) is 8.28. The normalized spacial score (nSPS) is 15.6. The number of nitrogens with zero attached hydrogens (tertiary/aromatic N) is 3. The van der Waals surface area contributed by atoms with Crippen molar-refractivity contribution in [1.82, 2.24) is 10.4 Å². The lowest BCUT2D eigenvalue weighted by molar-refractivity contribution is 0.0950. The summed E-state index contributed by atoms with van der Waals surface area (Å²) in [6.45, 7) is 4.56. The van der Waals surface area contributed by atoms with E-state index in [-0.39, 0.29) is 4.90 Å². The van der Waals surface area contributed by atoms with Crippen LogP contribution in [0.25, 0.3) is 0 Å². The van der Waals surface area contributed by atoms with Gasteiger partial charge in [0.1, 0.15) is 5.69 Å². The lowest BCUT2D eigenvalue weighted by Crippen LogP contribution is -2.36. The molecule has 1 amide bonds. The van der Waals surface area contributed by atoms with E-state index in [1.54, 1.807) is 24.4 Å². The maximum absolute atomic E-state index is 12.3. The van der Waals surface area contributed by atoms with Gasteiger partial charge >= 0.3 is 0 Å². The Morgan fingerprint density at radius 1 is 1.26 bits per heavy atom. The highest BCUT2D eigenvalue weighted by Crippen LogP contribution is 2.21. The molecule has 1 N–H and O–H groups in total. The van der Waals surface area contributed by atoms with Crippen LogP contribution in [-0.4, -0.2) is 57.6 Å². The molecule has 27 heavy (non-hydrogen) atoms. The van der Waals surface area contributed by atoms with Gasteiger partial charge in [0, 0.05) is 24.7 Å². The number of sulfone groups is 1. The number of morpholine rings is 1. The number of amides is 1. The van der Waals surface area contributed by atoms with Gasteiger partial charge in [0.15, 0.2) is 15.0 Å². The number of benzene rings is 1. The fraction of sp³-hybridized carbons (Fsp3) is 0.353. The van der Waals surface area contributed by atoms with Crippen LogP contribution in [0.4, 0.5) is 5.13 Å². The molecular formula is C17H20N4O4S2. The van der Waals surface area contributed by atoms with E-state index >= 15 is 0 Å².